The molecule has 1 aliphatic rings. The third kappa shape index (κ3) is 5.72. The van der Waals surface area contributed by atoms with Crippen molar-refractivity contribution in [3.8, 4) is 22.9 Å². The molecule has 0 bridgehead atoms. The molecule has 4 aromatic rings. The molecule has 1 saturated carbocycles. The van der Waals surface area contributed by atoms with E-state index < -0.39 is 11.4 Å². The van der Waals surface area contributed by atoms with Crippen LogP contribution in [0.3, 0.4) is 0 Å². The molecule has 5 rings (SSSR count). The molecule has 1 amide bonds. The smallest absolute Gasteiger partial charge is 0.251 e. The summed E-state index contributed by atoms with van der Waals surface area (Å²) in [5.74, 6) is 0.0801. The summed E-state index contributed by atoms with van der Waals surface area (Å²) in [6, 6.07) is 12.0. The Kier molecular flexibility index (Phi) is 6.33. The fourth-order valence-electron chi connectivity index (χ4n) is 4.09. The van der Waals surface area contributed by atoms with E-state index in [1.165, 1.54) is 12.1 Å². The largest absolute Gasteiger partial charge is 0.437 e. The summed E-state index contributed by atoms with van der Waals surface area (Å²) < 4.78 is 21.6. The van der Waals surface area contributed by atoms with E-state index in [9.17, 15) is 14.3 Å². The molecular formula is C28H30FN5O3. The Labute approximate surface area is 214 Å². The number of hydrogen-bond donors (Lipinski definition) is 3. The number of carbonyl (C=O) groups excluding carboxylic acids is 1. The van der Waals surface area contributed by atoms with Crippen molar-refractivity contribution < 1.29 is 19.0 Å². The lowest BCUT2D eigenvalue weighted by molar-refractivity contribution is 0.0940. The highest BCUT2D eigenvalue weighted by Crippen LogP contribution is 2.31. The highest BCUT2D eigenvalue weighted by molar-refractivity contribution is 5.96. The van der Waals surface area contributed by atoms with Crippen LogP contribution in [-0.2, 0) is 0 Å². The van der Waals surface area contributed by atoms with Gasteiger partial charge in [-0.1, -0.05) is 6.07 Å². The molecule has 1 aliphatic carbocycles. The second-order valence-corrected chi connectivity index (χ2v) is 10.3. The fourth-order valence-corrected chi connectivity index (χ4v) is 4.09. The Balaban J connectivity index is 1.54. The van der Waals surface area contributed by atoms with Crippen LogP contribution in [0.1, 0.15) is 48.2 Å². The molecule has 0 unspecified atom stereocenters. The molecule has 0 spiro atoms. The molecule has 2 heterocycles. The lowest BCUT2D eigenvalue weighted by Gasteiger charge is -2.19. The van der Waals surface area contributed by atoms with Gasteiger partial charge in [-0.3, -0.25) is 4.79 Å². The van der Waals surface area contributed by atoms with E-state index in [2.05, 4.69) is 20.7 Å². The summed E-state index contributed by atoms with van der Waals surface area (Å²) in [7, 11) is 0. The molecular weight excluding hydrogens is 473 g/mol. The predicted molar refractivity (Wildman–Crippen MR) is 140 cm³/mol. The standard InChI is InChI=1S/C28H30FN5O3/c1-16-9-19(29)12-21(10-16)37-25-13-23(31-15-28(3,4)36)26-30-14-24(34(26)33-25)18-5-8-22(17(2)11-18)27(35)32-20-6-7-20/h5,8-14,20,31,36H,6-7,15H2,1-4H3,(H,32,35). The third-order valence-corrected chi connectivity index (χ3v) is 6.07. The normalized spacial score (nSPS) is 13.6. The van der Waals surface area contributed by atoms with Crippen LogP contribution in [0.2, 0.25) is 0 Å². The number of nitrogens with one attached hydrogen (secondary N) is 2. The zero-order valence-corrected chi connectivity index (χ0v) is 21.3. The van der Waals surface area contributed by atoms with E-state index >= 15 is 0 Å². The molecule has 8 nitrogen and oxygen atoms in total. The highest BCUT2D eigenvalue weighted by atomic mass is 19.1. The molecule has 0 aliphatic heterocycles. The first-order valence-electron chi connectivity index (χ1n) is 12.3. The van der Waals surface area contributed by atoms with Crippen molar-refractivity contribution in [3.63, 3.8) is 0 Å². The molecule has 2 aromatic heterocycles. The first kappa shape index (κ1) is 24.7. The number of imidazole rings is 1. The minimum absolute atomic E-state index is 0.0676. The summed E-state index contributed by atoms with van der Waals surface area (Å²) in [6.45, 7) is 7.35. The Hall–Kier alpha value is -3.98. The van der Waals surface area contributed by atoms with Gasteiger partial charge in [-0.15, -0.1) is 5.10 Å². The van der Waals surface area contributed by atoms with Crippen molar-refractivity contribution >= 4 is 17.2 Å². The number of benzene rings is 2. The topological polar surface area (TPSA) is 101 Å². The van der Waals surface area contributed by atoms with E-state index in [1.807, 2.05) is 25.1 Å². The SMILES string of the molecule is Cc1cc(F)cc(Oc2cc(NCC(C)(C)O)c3ncc(-c4ccc(C(=O)NC5CC5)c(C)c4)n3n2)c1. The summed E-state index contributed by atoms with van der Waals surface area (Å²) in [6.07, 6.45) is 3.76. The number of carbonyl (C=O) groups is 1. The van der Waals surface area contributed by atoms with Gasteiger partial charge in [0.15, 0.2) is 5.65 Å². The number of ether oxygens (including phenoxy) is 1. The maximum atomic E-state index is 14.0. The number of rotatable bonds is 8. The van der Waals surface area contributed by atoms with Gasteiger partial charge in [0.05, 0.1) is 23.2 Å². The van der Waals surface area contributed by atoms with Crippen LogP contribution in [0.15, 0.2) is 48.7 Å². The number of hydrogen-bond acceptors (Lipinski definition) is 6. The number of amides is 1. The maximum absolute atomic E-state index is 14.0. The van der Waals surface area contributed by atoms with Gasteiger partial charge >= 0.3 is 0 Å². The van der Waals surface area contributed by atoms with Crippen molar-refractivity contribution in [1.82, 2.24) is 19.9 Å². The van der Waals surface area contributed by atoms with Gasteiger partial charge in [0, 0.05) is 35.8 Å². The van der Waals surface area contributed by atoms with Crippen molar-refractivity contribution in [2.24, 2.45) is 0 Å². The number of anilines is 1. The zero-order valence-electron chi connectivity index (χ0n) is 21.3. The van der Waals surface area contributed by atoms with Gasteiger partial charge in [-0.2, -0.15) is 0 Å². The van der Waals surface area contributed by atoms with Gasteiger partial charge < -0.3 is 20.5 Å². The van der Waals surface area contributed by atoms with Crippen LogP contribution >= 0.6 is 0 Å². The average Bonchev–Trinajstić information content (AvgIpc) is 3.51. The minimum Gasteiger partial charge on any atom is -0.437 e. The lowest BCUT2D eigenvalue weighted by atomic mass is 10.0. The number of aromatic nitrogens is 3. The quantitative estimate of drug-likeness (QED) is 0.312. The Bertz CT molecular complexity index is 1470. The number of nitrogens with zero attached hydrogens (tertiary/aromatic N) is 3. The van der Waals surface area contributed by atoms with Crippen LogP contribution in [0.25, 0.3) is 16.9 Å². The molecule has 9 heteroatoms. The Morgan fingerprint density at radius 3 is 2.65 bits per heavy atom. The van der Waals surface area contributed by atoms with E-state index in [-0.39, 0.29) is 24.4 Å². The first-order chi connectivity index (χ1) is 17.6. The predicted octanol–water partition coefficient (Wildman–Crippen LogP) is 5.02. The molecule has 2 aromatic carbocycles. The van der Waals surface area contributed by atoms with Crippen LogP contribution < -0.4 is 15.4 Å². The Morgan fingerprint density at radius 2 is 1.97 bits per heavy atom. The van der Waals surface area contributed by atoms with Crippen LogP contribution in [0.4, 0.5) is 10.1 Å². The molecule has 1 fully saturated rings. The number of fused-ring (bicyclic) bond motifs is 1. The maximum Gasteiger partial charge on any atom is 0.251 e. The molecule has 0 saturated heterocycles. The monoisotopic (exact) mass is 503 g/mol. The van der Waals surface area contributed by atoms with Gasteiger partial charge in [0.2, 0.25) is 5.88 Å². The van der Waals surface area contributed by atoms with E-state index in [0.717, 1.165) is 29.5 Å². The third-order valence-electron chi connectivity index (χ3n) is 6.07. The zero-order chi connectivity index (χ0) is 26.3. The van der Waals surface area contributed by atoms with E-state index in [1.54, 1.807) is 43.6 Å². The number of halogens is 1. The summed E-state index contributed by atoms with van der Waals surface area (Å²) in [5, 5.41) is 21.1. The average molecular weight is 504 g/mol. The number of aliphatic hydroxyl groups is 1. The Morgan fingerprint density at radius 1 is 1.19 bits per heavy atom. The van der Waals surface area contributed by atoms with Crippen molar-refractivity contribution in [3.05, 3.63) is 71.2 Å². The summed E-state index contributed by atoms with van der Waals surface area (Å²) >= 11 is 0. The van der Waals surface area contributed by atoms with Crippen molar-refractivity contribution in [2.75, 3.05) is 11.9 Å². The van der Waals surface area contributed by atoms with Crippen LogP contribution in [0, 0.1) is 19.7 Å². The lowest BCUT2D eigenvalue weighted by Crippen LogP contribution is -2.29. The van der Waals surface area contributed by atoms with Crippen molar-refractivity contribution in [2.45, 2.75) is 52.2 Å². The van der Waals surface area contributed by atoms with Crippen LogP contribution in [-0.4, -0.2) is 43.8 Å². The van der Waals surface area contributed by atoms with E-state index in [4.69, 9.17) is 4.74 Å². The first-order valence-corrected chi connectivity index (χ1v) is 12.3. The fraction of sp³-hybridized carbons (Fsp3) is 0.321. The van der Waals surface area contributed by atoms with Crippen LogP contribution in [0.5, 0.6) is 11.6 Å². The molecule has 0 atom stereocenters. The van der Waals surface area contributed by atoms with Gasteiger partial charge in [-0.25, -0.2) is 13.9 Å². The molecule has 0 radical (unpaired) electrons. The highest BCUT2D eigenvalue weighted by Gasteiger charge is 2.25. The summed E-state index contributed by atoms with van der Waals surface area (Å²) in [4.78, 5) is 17.1. The second kappa shape index (κ2) is 9.48. The summed E-state index contributed by atoms with van der Waals surface area (Å²) in [5.41, 5.74) is 3.89. The molecule has 192 valence electrons. The minimum atomic E-state index is -0.968. The number of aryl methyl sites for hydroxylation is 2. The van der Waals surface area contributed by atoms with Gasteiger partial charge in [-0.05, 0) is 75.9 Å². The van der Waals surface area contributed by atoms with Gasteiger partial charge in [0.25, 0.3) is 5.91 Å². The second-order valence-electron chi connectivity index (χ2n) is 10.3. The molecule has 3 N–H and O–H groups in total. The van der Waals surface area contributed by atoms with E-state index in [0.29, 0.717) is 28.3 Å². The molecule has 37 heavy (non-hydrogen) atoms. The van der Waals surface area contributed by atoms with Gasteiger partial charge in [0.1, 0.15) is 11.6 Å². The van der Waals surface area contributed by atoms with Crippen molar-refractivity contribution in [1.29, 1.82) is 0 Å².